The molecule has 3 aromatic heterocycles. The van der Waals surface area contributed by atoms with E-state index in [1.165, 1.54) is 0 Å². The average Bonchev–Trinajstić information content (AvgIpc) is 3.40. The summed E-state index contributed by atoms with van der Waals surface area (Å²) in [5.41, 5.74) is 2.50. The molecule has 1 aliphatic rings. The van der Waals surface area contributed by atoms with Gasteiger partial charge in [0.2, 0.25) is 0 Å². The Morgan fingerprint density at radius 1 is 1.19 bits per heavy atom. The van der Waals surface area contributed by atoms with Gasteiger partial charge in [0.05, 0.1) is 0 Å². The van der Waals surface area contributed by atoms with Crippen LogP contribution in [0.25, 0.3) is 11.0 Å². The van der Waals surface area contributed by atoms with E-state index < -0.39 is 0 Å². The van der Waals surface area contributed by atoms with Crippen molar-refractivity contribution >= 4 is 28.7 Å². The van der Waals surface area contributed by atoms with Crippen molar-refractivity contribution in [3.63, 3.8) is 0 Å². The number of benzene rings is 1. The minimum Gasteiger partial charge on any atom is -0.359 e. The van der Waals surface area contributed by atoms with Crippen LogP contribution in [0, 0.1) is 0 Å². The van der Waals surface area contributed by atoms with Gasteiger partial charge in [0.15, 0.2) is 5.82 Å². The van der Waals surface area contributed by atoms with Gasteiger partial charge in [-0.1, -0.05) is 49.3 Å². The molecule has 2 amide bonds. The van der Waals surface area contributed by atoms with E-state index in [1.807, 2.05) is 55.7 Å². The third-order valence-corrected chi connectivity index (χ3v) is 5.06. The van der Waals surface area contributed by atoms with Crippen molar-refractivity contribution in [2.75, 3.05) is 5.32 Å². The first-order chi connectivity index (χ1) is 15.6. The smallest absolute Gasteiger partial charge is 0.275 e. The first-order valence-electron chi connectivity index (χ1n) is 10.7. The number of aromatic nitrogens is 3. The van der Waals surface area contributed by atoms with Gasteiger partial charge in [-0.2, -0.15) is 0 Å². The number of amides is 2. The highest BCUT2D eigenvalue weighted by atomic mass is 16.5. The number of fused-ring (bicyclic) bond motifs is 3. The Hall–Kier alpha value is -3.94. The van der Waals surface area contributed by atoms with Crippen LogP contribution in [0.2, 0.25) is 0 Å². The zero-order valence-electron chi connectivity index (χ0n) is 18.3. The molecule has 4 aromatic rings. The van der Waals surface area contributed by atoms with Crippen molar-refractivity contribution in [1.82, 2.24) is 20.0 Å². The van der Waals surface area contributed by atoms with Gasteiger partial charge in [0, 0.05) is 30.5 Å². The molecular weight excluding hydrogens is 406 g/mol. The molecule has 1 aliphatic heterocycles. The van der Waals surface area contributed by atoms with Crippen LogP contribution < -0.4 is 10.6 Å². The van der Waals surface area contributed by atoms with Gasteiger partial charge in [0.1, 0.15) is 22.8 Å². The summed E-state index contributed by atoms with van der Waals surface area (Å²) in [6, 6.07) is 16.8. The Labute approximate surface area is 185 Å². The van der Waals surface area contributed by atoms with E-state index in [0.717, 1.165) is 10.9 Å². The lowest BCUT2D eigenvalue weighted by atomic mass is 10.1. The van der Waals surface area contributed by atoms with Gasteiger partial charge in [-0.15, -0.1) is 0 Å². The third kappa shape index (κ3) is 4.25. The van der Waals surface area contributed by atoms with E-state index in [4.69, 9.17) is 4.52 Å². The number of carbonyl (C=O) groups is 2. The Morgan fingerprint density at radius 3 is 2.75 bits per heavy atom. The SMILES string of the molecule is CC.CC1Cn2c(cc3ccc(C(=O)Nc4cc(Cc5ccccc5)on4)nc32)C(=O)N1. The van der Waals surface area contributed by atoms with Crippen LogP contribution in [-0.4, -0.2) is 32.6 Å². The number of pyridine rings is 1. The van der Waals surface area contributed by atoms with Crippen LogP contribution in [0.3, 0.4) is 0 Å². The number of hydrogen-bond donors (Lipinski definition) is 2. The first kappa shape index (κ1) is 21.3. The molecule has 32 heavy (non-hydrogen) atoms. The molecule has 5 rings (SSSR count). The maximum absolute atomic E-state index is 12.7. The number of nitrogens with one attached hydrogen (secondary N) is 2. The number of carbonyl (C=O) groups excluding carboxylic acids is 2. The second-order valence-corrected chi connectivity index (χ2v) is 7.42. The summed E-state index contributed by atoms with van der Waals surface area (Å²) in [5.74, 6) is 0.463. The van der Waals surface area contributed by atoms with Gasteiger partial charge in [-0.3, -0.25) is 9.59 Å². The van der Waals surface area contributed by atoms with E-state index in [0.29, 0.717) is 35.9 Å². The zero-order valence-corrected chi connectivity index (χ0v) is 18.3. The molecule has 2 N–H and O–H groups in total. The van der Waals surface area contributed by atoms with Crippen LogP contribution in [-0.2, 0) is 13.0 Å². The highest BCUT2D eigenvalue weighted by Crippen LogP contribution is 2.22. The molecule has 0 fully saturated rings. The van der Waals surface area contributed by atoms with Gasteiger partial charge < -0.3 is 19.7 Å². The van der Waals surface area contributed by atoms with Crippen LogP contribution in [0.4, 0.5) is 5.82 Å². The Morgan fingerprint density at radius 2 is 1.97 bits per heavy atom. The molecule has 164 valence electrons. The summed E-state index contributed by atoms with van der Waals surface area (Å²) in [5, 5.41) is 10.4. The third-order valence-electron chi connectivity index (χ3n) is 5.06. The molecule has 0 aliphatic carbocycles. The number of nitrogens with zero attached hydrogens (tertiary/aromatic N) is 3. The van der Waals surface area contributed by atoms with Crippen LogP contribution in [0.1, 0.15) is 53.1 Å². The predicted octanol–water partition coefficient (Wildman–Crippen LogP) is 4.03. The van der Waals surface area contributed by atoms with Crippen molar-refractivity contribution in [2.24, 2.45) is 0 Å². The number of anilines is 1. The number of rotatable bonds is 4. The summed E-state index contributed by atoms with van der Waals surface area (Å²) in [6.07, 6.45) is 0.588. The molecule has 1 aromatic carbocycles. The molecule has 0 bridgehead atoms. The van der Waals surface area contributed by atoms with Gasteiger partial charge >= 0.3 is 0 Å². The van der Waals surface area contributed by atoms with Crippen molar-refractivity contribution in [2.45, 2.75) is 39.8 Å². The largest absolute Gasteiger partial charge is 0.359 e. The molecule has 8 heteroatoms. The van der Waals surface area contributed by atoms with Crippen molar-refractivity contribution in [3.8, 4) is 0 Å². The summed E-state index contributed by atoms with van der Waals surface area (Å²) in [7, 11) is 0. The molecule has 1 atom stereocenters. The van der Waals surface area contributed by atoms with Gasteiger partial charge in [0.25, 0.3) is 11.8 Å². The Kier molecular flexibility index (Phi) is 6.02. The van der Waals surface area contributed by atoms with E-state index in [1.54, 1.807) is 24.3 Å². The second kappa shape index (κ2) is 9.05. The lowest BCUT2D eigenvalue weighted by Gasteiger charge is -2.22. The van der Waals surface area contributed by atoms with E-state index in [9.17, 15) is 9.59 Å². The standard InChI is InChI=1S/C22H19N5O3.C2H6/c1-13-12-27-18(22(29)23-13)10-15-7-8-17(24-20(15)27)21(28)25-19-11-16(30-26-19)9-14-5-3-2-4-6-14;1-2/h2-8,10-11,13H,9,12H2,1H3,(H,23,29)(H,25,26,28);1-2H3. The van der Waals surface area contributed by atoms with Gasteiger partial charge in [-0.25, -0.2) is 4.98 Å². The van der Waals surface area contributed by atoms with Crippen LogP contribution in [0.5, 0.6) is 0 Å². The highest BCUT2D eigenvalue weighted by molar-refractivity contribution is 6.04. The molecule has 4 heterocycles. The van der Waals surface area contributed by atoms with Crippen molar-refractivity contribution < 1.29 is 14.1 Å². The molecule has 0 spiro atoms. The van der Waals surface area contributed by atoms with Crippen molar-refractivity contribution in [1.29, 1.82) is 0 Å². The molecular formula is C24H25N5O3. The Bertz CT molecular complexity index is 1260. The summed E-state index contributed by atoms with van der Waals surface area (Å²) in [4.78, 5) is 29.4. The zero-order chi connectivity index (χ0) is 22.7. The van der Waals surface area contributed by atoms with E-state index >= 15 is 0 Å². The summed E-state index contributed by atoms with van der Waals surface area (Å²) < 4.78 is 7.18. The predicted molar refractivity (Wildman–Crippen MR) is 122 cm³/mol. The molecule has 8 nitrogen and oxygen atoms in total. The summed E-state index contributed by atoms with van der Waals surface area (Å²) >= 11 is 0. The summed E-state index contributed by atoms with van der Waals surface area (Å²) in [6.45, 7) is 6.54. The van der Waals surface area contributed by atoms with Crippen LogP contribution in [0.15, 0.2) is 59.1 Å². The maximum Gasteiger partial charge on any atom is 0.275 e. The van der Waals surface area contributed by atoms with E-state index in [-0.39, 0.29) is 23.6 Å². The topological polar surface area (TPSA) is 102 Å². The fourth-order valence-corrected chi connectivity index (χ4v) is 3.68. The normalized spacial score (nSPS) is 14.8. The lowest BCUT2D eigenvalue weighted by molar-refractivity contribution is 0.0907. The highest BCUT2D eigenvalue weighted by Gasteiger charge is 2.25. The van der Waals surface area contributed by atoms with Crippen LogP contribution >= 0.6 is 0 Å². The van der Waals surface area contributed by atoms with E-state index in [2.05, 4.69) is 20.8 Å². The fourth-order valence-electron chi connectivity index (χ4n) is 3.68. The molecule has 0 radical (unpaired) electrons. The fraction of sp³-hybridized carbons (Fsp3) is 0.250. The minimum absolute atomic E-state index is 0.00181. The quantitative estimate of drug-likeness (QED) is 0.508. The molecule has 0 saturated heterocycles. The minimum atomic E-state index is -0.389. The van der Waals surface area contributed by atoms with Gasteiger partial charge in [-0.05, 0) is 30.7 Å². The lowest BCUT2D eigenvalue weighted by Crippen LogP contribution is -2.42. The molecule has 0 saturated carbocycles. The second-order valence-electron chi connectivity index (χ2n) is 7.42. The number of hydrogen-bond acceptors (Lipinski definition) is 5. The van der Waals surface area contributed by atoms with Crippen molar-refractivity contribution in [3.05, 3.63) is 77.3 Å². The maximum atomic E-state index is 12.7. The monoisotopic (exact) mass is 431 g/mol. The average molecular weight is 431 g/mol. The molecule has 1 unspecified atom stereocenters. The first-order valence-corrected chi connectivity index (χ1v) is 10.7. The Balaban J connectivity index is 0.00000119.